The van der Waals surface area contributed by atoms with Gasteiger partial charge < -0.3 is 14.6 Å². The van der Waals surface area contributed by atoms with Gasteiger partial charge in [-0.05, 0) is 32.0 Å². The number of carbonyl (C=O) groups is 1. The Morgan fingerprint density at radius 1 is 1.33 bits per heavy atom. The number of aromatic nitrogens is 1. The average Bonchev–Trinajstić information content (AvgIpc) is 2.47. The van der Waals surface area contributed by atoms with Crippen molar-refractivity contribution in [2.45, 2.75) is 20.5 Å². The van der Waals surface area contributed by atoms with Crippen LogP contribution in [-0.2, 0) is 6.61 Å². The van der Waals surface area contributed by atoms with Crippen LogP contribution in [0.25, 0.3) is 0 Å². The Morgan fingerprint density at radius 3 is 2.76 bits per heavy atom. The van der Waals surface area contributed by atoms with E-state index in [9.17, 15) is 4.79 Å². The first-order valence-corrected chi connectivity index (χ1v) is 6.48. The minimum absolute atomic E-state index is 0.193. The normalized spacial score (nSPS) is 10.2. The molecule has 21 heavy (non-hydrogen) atoms. The van der Waals surface area contributed by atoms with Crippen LogP contribution in [0.5, 0.6) is 11.5 Å². The van der Waals surface area contributed by atoms with Crippen molar-refractivity contribution >= 4 is 5.97 Å². The van der Waals surface area contributed by atoms with Crippen LogP contribution in [0.3, 0.4) is 0 Å². The van der Waals surface area contributed by atoms with E-state index in [1.165, 1.54) is 12.1 Å². The van der Waals surface area contributed by atoms with Gasteiger partial charge in [0.15, 0.2) is 0 Å². The number of aromatic carboxylic acids is 1. The highest BCUT2D eigenvalue weighted by Crippen LogP contribution is 2.25. The molecule has 0 unspecified atom stereocenters. The van der Waals surface area contributed by atoms with Gasteiger partial charge in [-0.1, -0.05) is 6.07 Å². The van der Waals surface area contributed by atoms with Crippen LogP contribution in [0.2, 0.25) is 0 Å². The molecule has 2 aromatic rings. The van der Waals surface area contributed by atoms with Crippen LogP contribution in [0.4, 0.5) is 0 Å². The van der Waals surface area contributed by atoms with Crippen LogP contribution < -0.4 is 9.47 Å². The predicted octanol–water partition coefficient (Wildman–Crippen LogP) is 2.98. The zero-order valence-corrected chi connectivity index (χ0v) is 12.2. The molecule has 0 amide bonds. The van der Waals surface area contributed by atoms with Crippen molar-refractivity contribution in [3.8, 4) is 11.5 Å². The van der Waals surface area contributed by atoms with Crippen molar-refractivity contribution < 1.29 is 19.4 Å². The first-order chi connectivity index (χ1) is 10.0. The quantitative estimate of drug-likeness (QED) is 0.915. The van der Waals surface area contributed by atoms with Gasteiger partial charge in [-0.15, -0.1) is 0 Å². The molecule has 1 heterocycles. The number of hydrogen-bond acceptors (Lipinski definition) is 4. The van der Waals surface area contributed by atoms with Crippen LogP contribution in [0.15, 0.2) is 30.5 Å². The second kappa shape index (κ2) is 6.26. The molecular formula is C16H17NO4. The molecule has 5 nitrogen and oxygen atoms in total. The first kappa shape index (κ1) is 14.8. The van der Waals surface area contributed by atoms with E-state index in [1.807, 2.05) is 13.8 Å². The summed E-state index contributed by atoms with van der Waals surface area (Å²) < 4.78 is 11.0. The van der Waals surface area contributed by atoms with Gasteiger partial charge in [0.1, 0.15) is 18.1 Å². The average molecular weight is 287 g/mol. The molecule has 2 rings (SSSR count). The third-order valence-electron chi connectivity index (χ3n) is 3.21. The second-order valence-corrected chi connectivity index (χ2v) is 4.67. The molecule has 0 atom stereocenters. The number of benzene rings is 1. The number of pyridine rings is 1. The van der Waals surface area contributed by atoms with E-state index in [-0.39, 0.29) is 12.2 Å². The molecule has 0 aliphatic carbocycles. The molecule has 1 aromatic carbocycles. The van der Waals surface area contributed by atoms with Gasteiger partial charge in [-0.3, -0.25) is 4.98 Å². The fourth-order valence-electron chi connectivity index (χ4n) is 2.09. The highest BCUT2D eigenvalue weighted by Gasteiger charge is 2.10. The van der Waals surface area contributed by atoms with Gasteiger partial charge in [0.05, 0.1) is 18.4 Å². The van der Waals surface area contributed by atoms with E-state index < -0.39 is 5.97 Å². The number of methoxy groups -OCH3 is 1. The summed E-state index contributed by atoms with van der Waals surface area (Å²) in [6.07, 6.45) is 1.73. The number of carboxylic acids is 1. The maximum absolute atomic E-state index is 10.9. The molecule has 1 N–H and O–H groups in total. The summed E-state index contributed by atoms with van der Waals surface area (Å²) in [6, 6.07) is 6.37. The number of rotatable bonds is 5. The van der Waals surface area contributed by atoms with E-state index in [0.717, 1.165) is 22.6 Å². The fraction of sp³-hybridized carbons (Fsp3) is 0.250. The first-order valence-electron chi connectivity index (χ1n) is 6.48. The van der Waals surface area contributed by atoms with E-state index in [0.29, 0.717) is 5.75 Å². The molecule has 0 aliphatic heterocycles. The molecule has 0 bridgehead atoms. The molecule has 110 valence electrons. The van der Waals surface area contributed by atoms with Crippen molar-refractivity contribution in [3.05, 3.63) is 52.8 Å². The molecule has 0 saturated heterocycles. The van der Waals surface area contributed by atoms with Crippen LogP contribution in [0, 0.1) is 13.8 Å². The Kier molecular flexibility index (Phi) is 4.42. The minimum atomic E-state index is -0.980. The van der Waals surface area contributed by atoms with Gasteiger partial charge in [0.25, 0.3) is 0 Å². The SMILES string of the molecule is COc1c(C)cnc(COc2cccc(C(=O)O)c2)c1C. The summed E-state index contributed by atoms with van der Waals surface area (Å²) in [5.74, 6) is 0.310. The van der Waals surface area contributed by atoms with Crippen molar-refractivity contribution in [2.75, 3.05) is 7.11 Å². The van der Waals surface area contributed by atoms with Gasteiger partial charge in [-0.25, -0.2) is 4.79 Å². The number of ether oxygens (including phenoxy) is 2. The fourth-order valence-corrected chi connectivity index (χ4v) is 2.09. The lowest BCUT2D eigenvalue weighted by Gasteiger charge is -2.13. The lowest BCUT2D eigenvalue weighted by molar-refractivity contribution is 0.0696. The third kappa shape index (κ3) is 3.31. The van der Waals surface area contributed by atoms with E-state index >= 15 is 0 Å². The highest BCUT2D eigenvalue weighted by molar-refractivity contribution is 5.87. The molecule has 0 saturated carbocycles. The number of nitrogens with zero attached hydrogens (tertiary/aromatic N) is 1. The minimum Gasteiger partial charge on any atom is -0.496 e. The number of carboxylic acid groups (broad SMARTS) is 1. The van der Waals surface area contributed by atoms with Gasteiger partial charge in [0.2, 0.25) is 0 Å². The topological polar surface area (TPSA) is 68.7 Å². The molecule has 0 radical (unpaired) electrons. The Hall–Kier alpha value is -2.56. The smallest absolute Gasteiger partial charge is 0.335 e. The van der Waals surface area contributed by atoms with Crippen LogP contribution in [-0.4, -0.2) is 23.2 Å². The number of hydrogen-bond donors (Lipinski definition) is 1. The summed E-state index contributed by atoms with van der Waals surface area (Å²) >= 11 is 0. The van der Waals surface area contributed by atoms with Crippen molar-refractivity contribution in [3.63, 3.8) is 0 Å². The summed E-state index contributed by atoms with van der Waals surface area (Å²) in [7, 11) is 1.62. The second-order valence-electron chi connectivity index (χ2n) is 4.67. The van der Waals surface area contributed by atoms with Crippen molar-refractivity contribution in [1.29, 1.82) is 0 Å². The van der Waals surface area contributed by atoms with Gasteiger partial charge >= 0.3 is 5.97 Å². The maximum atomic E-state index is 10.9. The Balaban J connectivity index is 2.17. The lowest BCUT2D eigenvalue weighted by atomic mass is 10.1. The standard InChI is InChI=1S/C16H17NO4/c1-10-8-17-14(11(2)15(10)20-3)9-21-13-6-4-5-12(7-13)16(18)19/h4-8H,9H2,1-3H3,(H,18,19). The zero-order valence-electron chi connectivity index (χ0n) is 12.2. The van der Waals surface area contributed by atoms with Crippen molar-refractivity contribution in [1.82, 2.24) is 4.98 Å². The van der Waals surface area contributed by atoms with Crippen LogP contribution in [0.1, 0.15) is 27.2 Å². The Morgan fingerprint density at radius 2 is 2.10 bits per heavy atom. The predicted molar refractivity (Wildman–Crippen MR) is 78.0 cm³/mol. The monoisotopic (exact) mass is 287 g/mol. The Bertz CT molecular complexity index is 667. The largest absolute Gasteiger partial charge is 0.496 e. The van der Waals surface area contributed by atoms with E-state index in [2.05, 4.69) is 4.98 Å². The molecule has 0 aliphatic rings. The lowest BCUT2D eigenvalue weighted by Crippen LogP contribution is -2.04. The number of aryl methyl sites for hydroxylation is 1. The molecule has 1 aromatic heterocycles. The maximum Gasteiger partial charge on any atom is 0.335 e. The van der Waals surface area contributed by atoms with Crippen LogP contribution >= 0.6 is 0 Å². The van der Waals surface area contributed by atoms with Crippen molar-refractivity contribution in [2.24, 2.45) is 0 Å². The molecule has 5 heteroatoms. The summed E-state index contributed by atoms with van der Waals surface area (Å²) in [5, 5.41) is 8.95. The van der Waals surface area contributed by atoms with E-state index in [1.54, 1.807) is 25.4 Å². The van der Waals surface area contributed by atoms with Gasteiger partial charge in [-0.2, -0.15) is 0 Å². The summed E-state index contributed by atoms with van der Waals surface area (Å²) in [6.45, 7) is 4.11. The zero-order chi connectivity index (χ0) is 15.4. The summed E-state index contributed by atoms with van der Waals surface area (Å²) in [4.78, 5) is 15.3. The highest BCUT2D eigenvalue weighted by atomic mass is 16.5. The molecule has 0 spiro atoms. The van der Waals surface area contributed by atoms with Gasteiger partial charge in [0, 0.05) is 17.3 Å². The molecule has 0 fully saturated rings. The Labute approximate surface area is 123 Å². The summed E-state index contributed by atoms with van der Waals surface area (Å²) in [5.41, 5.74) is 2.84. The third-order valence-corrected chi connectivity index (χ3v) is 3.21. The van der Waals surface area contributed by atoms with E-state index in [4.69, 9.17) is 14.6 Å². The molecular weight excluding hydrogens is 270 g/mol.